The molecule has 2 rings (SSSR count). The van der Waals surface area contributed by atoms with E-state index >= 15 is 0 Å². The summed E-state index contributed by atoms with van der Waals surface area (Å²) in [6, 6.07) is 1.83. The van der Waals surface area contributed by atoms with Gasteiger partial charge < -0.3 is 8.83 Å². The third-order valence-corrected chi connectivity index (χ3v) is 1.43. The summed E-state index contributed by atoms with van der Waals surface area (Å²) < 4.78 is 10.1. The fraction of sp³-hybridized carbons (Fsp3) is 0.125. The minimum Gasteiger partial charge on any atom is -0.472 e. The highest BCUT2D eigenvalue weighted by atomic mass is 16.4. The minimum atomic E-state index is 0.668. The molecule has 0 spiro atoms. The summed E-state index contributed by atoms with van der Waals surface area (Å²) in [5.41, 5.74) is 0.922. The average Bonchev–Trinajstić information content (AvgIpc) is 2.55. The van der Waals surface area contributed by atoms with Gasteiger partial charge in [0.25, 0.3) is 0 Å². The van der Waals surface area contributed by atoms with Gasteiger partial charge in [0, 0.05) is 6.92 Å². The molecular weight excluding hydrogens is 142 g/mol. The standard InChI is InChI=1S/C8H7NO2/c1-6-9-4-8(11-6)7-2-3-10-5-7/h2-5H,1H3. The molecule has 0 saturated carbocycles. The van der Waals surface area contributed by atoms with Gasteiger partial charge in [-0.1, -0.05) is 0 Å². The van der Waals surface area contributed by atoms with Gasteiger partial charge in [-0.2, -0.15) is 0 Å². The van der Waals surface area contributed by atoms with Crippen LogP contribution in [0.4, 0.5) is 0 Å². The van der Waals surface area contributed by atoms with Crippen LogP contribution in [0.15, 0.2) is 33.6 Å². The van der Waals surface area contributed by atoms with Gasteiger partial charge in [-0.15, -0.1) is 0 Å². The second-order valence-corrected chi connectivity index (χ2v) is 2.26. The van der Waals surface area contributed by atoms with Gasteiger partial charge in [0.1, 0.15) is 6.26 Å². The van der Waals surface area contributed by atoms with E-state index in [-0.39, 0.29) is 0 Å². The highest BCUT2D eigenvalue weighted by molar-refractivity contribution is 5.53. The van der Waals surface area contributed by atoms with Crippen LogP contribution in [0.1, 0.15) is 5.89 Å². The van der Waals surface area contributed by atoms with E-state index in [1.807, 2.05) is 13.0 Å². The molecule has 2 heterocycles. The predicted octanol–water partition coefficient (Wildman–Crippen LogP) is 2.24. The van der Waals surface area contributed by atoms with Crippen molar-refractivity contribution >= 4 is 0 Å². The van der Waals surface area contributed by atoms with E-state index in [9.17, 15) is 0 Å². The van der Waals surface area contributed by atoms with Gasteiger partial charge in [-0.25, -0.2) is 4.98 Å². The van der Waals surface area contributed by atoms with Crippen LogP contribution in [-0.2, 0) is 0 Å². The summed E-state index contributed by atoms with van der Waals surface area (Å²) in [5.74, 6) is 1.41. The number of furan rings is 1. The Hall–Kier alpha value is -1.51. The van der Waals surface area contributed by atoms with Crippen LogP contribution in [0, 0.1) is 6.92 Å². The van der Waals surface area contributed by atoms with Crippen LogP contribution in [0.5, 0.6) is 0 Å². The lowest BCUT2D eigenvalue weighted by Crippen LogP contribution is -1.63. The van der Waals surface area contributed by atoms with Crippen molar-refractivity contribution in [2.75, 3.05) is 0 Å². The molecule has 0 fully saturated rings. The fourth-order valence-electron chi connectivity index (χ4n) is 0.899. The Balaban J connectivity index is 2.45. The summed E-state index contributed by atoms with van der Waals surface area (Å²) in [4.78, 5) is 3.96. The van der Waals surface area contributed by atoms with Crippen LogP contribution >= 0.6 is 0 Å². The van der Waals surface area contributed by atoms with Crippen molar-refractivity contribution in [3.63, 3.8) is 0 Å². The molecule has 0 amide bonds. The number of aryl methyl sites for hydroxylation is 1. The zero-order valence-electron chi connectivity index (χ0n) is 6.07. The van der Waals surface area contributed by atoms with Gasteiger partial charge in [0.15, 0.2) is 11.7 Å². The Kier molecular flexibility index (Phi) is 1.28. The number of oxazole rings is 1. The molecular formula is C8H7NO2. The molecule has 0 saturated heterocycles. The Morgan fingerprint density at radius 2 is 2.36 bits per heavy atom. The third-order valence-electron chi connectivity index (χ3n) is 1.43. The highest BCUT2D eigenvalue weighted by Crippen LogP contribution is 2.19. The first-order valence-corrected chi connectivity index (χ1v) is 3.31. The van der Waals surface area contributed by atoms with Crippen LogP contribution in [0.3, 0.4) is 0 Å². The summed E-state index contributed by atoms with van der Waals surface area (Å²) in [6.07, 6.45) is 4.91. The van der Waals surface area contributed by atoms with Gasteiger partial charge in [0.2, 0.25) is 0 Å². The average molecular weight is 149 g/mol. The monoisotopic (exact) mass is 149 g/mol. The van der Waals surface area contributed by atoms with Crippen LogP contribution < -0.4 is 0 Å². The maximum atomic E-state index is 5.26. The van der Waals surface area contributed by atoms with Gasteiger partial charge in [-0.3, -0.25) is 0 Å². The lowest BCUT2D eigenvalue weighted by molar-refractivity contribution is 0.531. The largest absolute Gasteiger partial charge is 0.472 e. The molecule has 0 N–H and O–H groups in total. The molecule has 0 aliphatic rings. The lowest BCUT2D eigenvalue weighted by atomic mass is 10.3. The molecule has 0 aliphatic carbocycles. The molecule has 3 heteroatoms. The number of aromatic nitrogens is 1. The molecule has 0 aromatic carbocycles. The van der Waals surface area contributed by atoms with Crippen molar-refractivity contribution < 1.29 is 8.83 Å². The zero-order valence-corrected chi connectivity index (χ0v) is 6.07. The molecule has 3 nitrogen and oxygen atoms in total. The van der Waals surface area contributed by atoms with Crippen molar-refractivity contribution in [3.05, 3.63) is 30.7 Å². The Labute approximate surface area is 63.7 Å². The molecule has 0 unspecified atom stereocenters. The first-order valence-electron chi connectivity index (χ1n) is 3.31. The van der Waals surface area contributed by atoms with Crippen LogP contribution in [0.2, 0.25) is 0 Å². The van der Waals surface area contributed by atoms with E-state index < -0.39 is 0 Å². The van der Waals surface area contributed by atoms with E-state index in [2.05, 4.69) is 4.98 Å². The van der Waals surface area contributed by atoms with Crippen molar-refractivity contribution in [1.82, 2.24) is 4.98 Å². The van der Waals surface area contributed by atoms with Gasteiger partial charge >= 0.3 is 0 Å². The smallest absolute Gasteiger partial charge is 0.191 e. The van der Waals surface area contributed by atoms with Gasteiger partial charge in [-0.05, 0) is 6.07 Å². The predicted molar refractivity (Wildman–Crippen MR) is 38.9 cm³/mol. The van der Waals surface area contributed by atoms with Crippen molar-refractivity contribution in [1.29, 1.82) is 0 Å². The normalized spacial score (nSPS) is 10.3. The van der Waals surface area contributed by atoms with Crippen molar-refractivity contribution in [3.8, 4) is 11.3 Å². The first kappa shape index (κ1) is 6.22. The van der Waals surface area contributed by atoms with E-state index in [0.29, 0.717) is 5.89 Å². The third kappa shape index (κ3) is 1.05. The second kappa shape index (κ2) is 2.27. The Morgan fingerprint density at radius 3 is 2.91 bits per heavy atom. The fourth-order valence-corrected chi connectivity index (χ4v) is 0.899. The zero-order chi connectivity index (χ0) is 7.68. The summed E-state index contributed by atoms with van der Waals surface area (Å²) >= 11 is 0. The minimum absolute atomic E-state index is 0.668. The van der Waals surface area contributed by atoms with Crippen molar-refractivity contribution in [2.45, 2.75) is 6.92 Å². The van der Waals surface area contributed by atoms with E-state index in [1.54, 1.807) is 18.7 Å². The molecule has 2 aromatic heterocycles. The molecule has 2 aromatic rings. The van der Waals surface area contributed by atoms with E-state index in [1.165, 1.54) is 0 Å². The number of hydrogen-bond donors (Lipinski definition) is 0. The van der Waals surface area contributed by atoms with Crippen LogP contribution in [-0.4, -0.2) is 4.98 Å². The summed E-state index contributed by atoms with van der Waals surface area (Å²) in [5, 5.41) is 0. The molecule has 56 valence electrons. The number of rotatable bonds is 1. The molecule has 0 atom stereocenters. The maximum absolute atomic E-state index is 5.26. The Bertz CT molecular complexity index is 335. The van der Waals surface area contributed by atoms with Crippen LogP contribution in [0.25, 0.3) is 11.3 Å². The SMILES string of the molecule is Cc1ncc(-c2ccoc2)o1. The summed E-state index contributed by atoms with van der Waals surface area (Å²) in [7, 11) is 0. The topological polar surface area (TPSA) is 39.2 Å². The van der Waals surface area contributed by atoms with E-state index in [4.69, 9.17) is 8.83 Å². The molecule has 0 radical (unpaired) electrons. The number of hydrogen-bond acceptors (Lipinski definition) is 3. The summed E-state index contributed by atoms with van der Waals surface area (Å²) in [6.45, 7) is 1.81. The molecule has 0 aliphatic heterocycles. The second-order valence-electron chi connectivity index (χ2n) is 2.26. The Morgan fingerprint density at radius 1 is 1.45 bits per heavy atom. The molecule has 0 bridgehead atoms. The quantitative estimate of drug-likeness (QED) is 0.624. The van der Waals surface area contributed by atoms with Crippen molar-refractivity contribution in [2.24, 2.45) is 0 Å². The number of nitrogens with zero attached hydrogens (tertiary/aromatic N) is 1. The van der Waals surface area contributed by atoms with Gasteiger partial charge in [0.05, 0.1) is 18.0 Å². The lowest BCUT2D eigenvalue weighted by Gasteiger charge is -1.84. The first-order chi connectivity index (χ1) is 5.36. The highest BCUT2D eigenvalue weighted by Gasteiger charge is 2.03. The van der Waals surface area contributed by atoms with E-state index in [0.717, 1.165) is 11.3 Å². The maximum Gasteiger partial charge on any atom is 0.191 e. The molecule has 11 heavy (non-hydrogen) atoms.